The Kier molecular flexibility index (Phi) is 3.76. The maximum Gasteiger partial charge on any atom is 0.238 e. The normalized spacial score (nSPS) is 13.8. The molecule has 4 heterocycles. The lowest BCUT2D eigenvalue weighted by molar-refractivity contribution is 0.644. The SMILES string of the molecule is Cc1cccc2c1ncn2-c1nc(-c2ccc3c(c2)CNCC3)c2ccn(C)c2n1. The van der Waals surface area contributed by atoms with E-state index in [1.165, 1.54) is 11.1 Å². The van der Waals surface area contributed by atoms with Crippen LogP contribution in [0.25, 0.3) is 39.3 Å². The van der Waals surface area contributed by atoms with E-state index in [2.05, 4.69) is 53.6 Å². The minimum Gasteiger partial charge on any atom is -0.335 e. The molecule has 30 heavy (non-hydrogen) atoms. The Morgan fingerprint density at radius 3 is 2.90 bits per heavy atom. The second-order valence-electron chi connectivity index (χ2n) is 8.00. The third-order valence-electron chi connectivity index (χ3n) is 6.07. The Morgan fingerprint density at radius 1 is 1.03 bits per heavy atom. The van der Waals surface area contributed by atoms with Crippen LogP contribution in [0.5, 0.6) is 0 Å². The molecule has 0 radical (unpaired) electrons. The molecule has 5 aromatic rings. The molecule has 1 aliphatic heterocycles. The van der Waals surface area contributed by atoms with E-state index in [0.717, 1.165) is 58.4 Å². The number of fused-ring (bicyclic) bond motifs is 3. The number of aryl methyl sites for hydroxylation is 2. The van der Waals surface area contributed by atoms with Crippen molar-refractivity contribution in [3.8, 4) is 17.2 Å². The van der Waals surface area contributed by atoms with Crippen LogP contribution in [0, 0.1) is 6.92 Å². The molecule has 0 saturated carbocycles. The third kappa shape index (κ3) is 2.57. The smallest absolute Gasteiger partial charge is 0.238 e. The molecule has 0 saturated heterocycles. The van der Waals surface area contributed by atoms with Gasteiger partial charge in [-0.25, -0.2) is 9.97 Å². The monoisotopic (exact) mass is 394 g/mol. The summed E-state index contributed by atoms with van der Waals surface area (Å²) in [6.07, 6.45) is 4.94. The molecule has 0 spiro atoms. The number of aromatic nitrogens is 5. The average Bonchev–Trinajstić information content (AvgIpc) is 3.38. The summed E-state index contributed by atoms with van der Waals surface area (Å²) >= 11 is 0. The van der Waals surface area contributed by atoms with Gasteiger partial charge in [0.1, 0.15) is 12.0 Å². The largest absolute Gasteiger partial charge is 0.335 e. The lowest BCUT2D eigenvalue weighted by Crippen LogP contribution is -2.23. The van der Waals surface area contributed by atoms with E-state index in [1.807, 2.05) is 34.8 Å². The molecule has 0 aliphatic carbocycles. The molecule has 6 heteroatoms. The van der Waals surface area contributed by atoms with Crippen molar-refractivity contribution < 1.29 is 0 Å². The van der Waals surface area contributed by atoms with Gasteiger partial charge < -0.3 is 9.88 Å². The number of para-hydroxylation sites is 1. The number of hydrogen-bond donors (Lipinski definition) is 1. The van der Waals surface area contributed by atoms with Crippen LogP contribution in [-0.4, -0.2) is 30.6 Å². The van der Waals surface area contributed by atoms with Gasteiger partial charge >= 0.3 is 0 Å². The van der Waals surface area contributed by atoms with E-state index in [-0.39, 0.29) is 0 Å². The van der Waals surface area contributed by atoms with Crippen molar-refractivity contribution in [3.63, 3.8) is 0 Å². The second kappa shape index (κ2) is 6.50. The first-order valence-corrected chi connectivity index (χ1v) is 10.3. The van der Waals surface area contributed by atoms with Crippen LogP contribution in [0.2, 0.25) is 0 Å². The van der Waals surface area contributed by atoms with Crippen molar-refractivity contribution in [2.24, 2.45) is 7.05 Å². The Hall–Kier alpha value is -3.51. The lowest BCUT2D eigenvalue weighted by Gasteiger charge is -2.18. The van der Waals surface area contributed by atoms with Gasteiger partial charge in [0, 0.05) is 30.7 Å². The highest BCUT2D eigenvalue weighted by Crippen LogP contribution is 2.30. The number of nitrogens with zero attached hydrogens (tertiary/aromatic N) is 5. The molecule has 1 aliphatic rings. The zero-order valence-electron chi connectivity index (χ0n) is 17.1. The molecule has 0 atom stereocenters. The summed E-state index contributed by atoms with van der Waals surface area (Å²) in [5.41, 5.74) is 8.92. The van der Waals surface area contributed by atoms with E-state index >= 15 is 0 Å². The van der Waals surface area contributed by atoms with Gasteiger partial charge in [0.15, 0.2) is 0 Å². The summed E-state index contributed by atoms with van der Waals surface area (Å²) in [5, 5.41) is 4.53. The van der Waals surface area contributed by atoms with Crippen molar-refractivity contribution in [2.45, 2.75) is 19.9 Å². The number of imidazole rings is 1. The fourth-order valence-electron chi connectivity index (χ4n) is 4.42. The topological polar surface area (TPSA) is 60.6 Å². The molecule has 6 rings (SSSR count). The average molecular weight is 394 g/mol. The highest BCUT2D eigenvalue weighted by Gasteiger charge is 2.17. The van der Waals surface area contributed by atoms with Crippen LogP contribution < -0.4 is 5.32 Å². The molecular formula is C24H22N6. The number of benzene rings is 2. The molecule has 0 amide bonds. The van der Waals surface area contributed by atoms with Crippen LogP contribution in [-0.2, 0) is 20.0 Å². The van der Waals surface area contributed by atoms with E-state index in [4.69, 9.17) is 9.97 Å². The predicted octanol–water partition coefficient (Wildman–Crippen LogP) is 3.93. The van der Waals surface area contributed by atoms with Crippen molar-refractivity contribution in [3.05, 3.63) is 71.7 Å². The molecule has 1 N–H and O–H groups in total. The van der Waals surface area contributed by atoms with E-state index in [9.17, 15) is 0 Å². The second-order valence-corrected chi connectivity index (χ2v) is 8.00. The molecule has 6 nitrogen and oxygen atoms in total. The summed E-state index contributed by atoms with van der Waals surface area (Å²) in [6, 6.07) is 15.0. The predicted molar refractivity (Wildman–Crippen MR) is 119 cm³/mol. The van der Waals surface area contributed by atoms with Crippen molar-refractivity contribution in [1.82, 2.24) is 29.4 Å². The number of rotatable bonds is 2. The highest BCUT2D eigenvalue weighted by atomic mass is 15.2. The first-order valence-electron chi connectivity index (χ1n) is 10.3. The Bertz CT molecular complexity index is 1420. The van der Waals surface area contributed by atoms with Crippen LogP contribution in [0.1, 0.15) is 16.7 Å². The minimum absolute atomic E-state index is 0.642. The van der Waals surface area contributed by atoms with Gasteiger partial charge in [-0.15, -0.1) is 0 Å². The number of nitrogens with one attached hydrogen (secondary N) is 1. The third-order valence-corrected chi connectivity index (χ3v) is 6.07. The first-order chi connectivity index (χ1) is 14.7. The van der Waals surface area contributed by atoms with Gasteiger partial charge in [0.05, 0.1) is 16.7 Å². The quantitative estimate of drug-likeness (QED) is 0.493. The molecule has 148 valence electrons. The maximum absolute atomic E-state index is 5.03. The zero-order chi connectivity index (χ0) is 20.2. The minimum atomic E-state index is 0.642. The van der Waals surface area contributed by atoms with Crippen LogP contribution >= 0.6 is 0 Å². The van der Waals surface area contributed by atoms with Gasteiger partial charge in [-0.1, -0.05) is 24.3 Å². The standard InChI is InChI=1S/C24H22N6/c1-15-4-3-5-20-21(15)26-14-30(20)24-27-22(19-9-11-29(2)23(19)28-24)17-7-6-16-8-10-25-13-18(16)12-17/h3-7,9,11-12,14,25H,8,10,13H2,1-2H3. The maximum atomic E-state index is 5.03. The summed E-state index contributed by atoms with van der Waals surface area (Å²) < 4.78 is 4.03. The van der Waals surface area contributed by atoms with Gasteiger partial charge in [-0.05, 0) is 54.8 Å². The van der Waals surface area contributed by atoms with Gasteiger partial charge in [-0.2, -0.15) is 4.98 Å². The molecule has 0 bridgehead atoms. The van der Waals surface area contributed by atoms with Gasteiger partial charge in [0.2, 0.25) is 5.95 Å². The molecule has 0 unspecified atom stereocenters. The lowest BCUT2D eigenvalue weighted by atomic mass is 9.97. The fourth-order valence-corrected chi connectivity index (χ4v) is 4.42. The van der Waals surface area contributed by atoms with E-state index in [1.54, 1.807) is 0 Å². The first kappa shape index (κ1) is 17.4. The summed E-state index contributed by atoms with van der Waals surface area (Å²) in [4.78, 5) is 14.5. The molecule has 0 fully saturated rings. The Morgan fingerprint density at radius 2 is 1.97 bits per heavy atom. The Labute approximate surface area is 174 Å². The highest BCUT2D eigenvalue weighted by molar-refractivity contribution is 5.92. The van der Waals surface area contributed by atoms with E-state index in [0.29, 0.717) is 5.95 Å². The van der Waals surface area contributed by atoms with Crippen molar-refractivity contribution in [2.75, 3.05) is 6.54 Å². The summed E-state index contributed by atoms with van der Waals surface area (Å²) in [6.45, 7) is 4.03. The number of hydrogen-bond acceptors (Lipinski definition) is 4. The van der Waals surface area contributed by atoms with Gasteiger partial charge in [0.25, 0.3) is 0 Å². The summed E-state index contributed by atoms with van der Waals surface area (Å²) in [7, 11) is 2.02. The van der Waals surface area contributed by atoms with Gasteiger partial charge in [-0.3, -0.25) is 4.57 Å². The molecule has 2 aromatic carbocycles. The summed E-state index contributed by atoms with van der Waals surface area (Å²) in [5.74, 6) is 0.642. The van der Waals surface area contributed by atoms with Crippen LogP contribution in [0.3, 0.4) is 0 Å². The molecular weight excluding hydrogens is 372 g/mol. The molecule has 3 aromatic heterocycles. The van der Waals surface area contributed by atoms with Crippen LogP contribution in [0.15, 0.2) is 55.0 Å². The zero-order valence-corrected chi connectivity index (χ0v) is 17.1. The fraction of sp³-hybridized carbons (Fsp3) is 0.208. The van der Waals surface area contributed by atoms with Crippen molar-refractivity contribution in [1.29, 1.82) is 0 Å². The Balaban J connectivity index is 1.60. The van der Waals surface area contributed by atoms with Crippen LogP contribution in [0.4, 0.5) is 0 Å². The van der Waals surface area contributed by atoms with E-state index < -0.39 is 0 Å². The van der Waals surface area contributed by atoms with Crippen molar-refractivity contribution >= 4 is 22.1 Å².